The molecule has 1 aliphatic rings. The molecule has 150 valence electrons. The van der Waals surface area contributed by atoms with Crippen molar-refractivity contribution in [1.82, 2.24) is 4.90 Å². The molecule has 0 bridgehead atoms. The molecule has 29 heavy (non-hydrogen) atoms. The lowest BCUT2D eigenvalue weighted by Crippen LogP contribution is -2.38. The number of hydrogen-bond donors (Lipinski definition) is 0. The van der Waals surface area contributed by atoms with Gasteiger partial charge < -0.3 is 9.47 Å². The molecule has 1 aliphatic heterocycles. The lowest BCUT2D eigenvalue weighted by Gasteiger charge is -2.25. The summed E-state index contributed by atoms with van der Waals surface area (Å²) in [6, 6.07) is 15.5. The van der Waals surface area contributed by atoms with Crippen LogP contribution in [-0.2, 0) is 14.3 Å². The number of nitrogens with zero attached hydrogens (tertiary/aromatic N) is 1. The van der Waals surface area contributed by atoms with Crippen molar-refractivity contribution < 1.29 is 19.1 Å². The average Bonchev–Trinajstić information content (AvgIpc) is 3.01. The molecule has 7 heteroatoms. The van der Waals surface area contributed by atoms with Gasteiger partial charge in [0.15, 0.2) is 6.04 Å². The number of esters is 1. The van der Waals surface area contributed by atoms with E-state index in [-0.39, 0.29) is 5.91 Å². The van der Waals surface area contributed by atoms with Crippen molar-refractivity contribution in [3.8, 4) is 5.75 Å². The standard InChI is InChI=1S/C22H21NO4S2/c1-3-13-27-21(25)19(16-7-5-4-6-8-16)23-20(24)18(29-22(23)28)14-15-9-11-17(26-2)12-10-15/h4-12,14,19H,3,13H2,1-2H3/b18-14-. The minimum atomic E-state index is -0.906. The van der Waals surface area contributed by atoms with Crippen molar-refractivity contribution in [2.75, 3.05) is 13.7 Å². The summed E-state index contributed by atoms with van der Waals surface area (Å²) in [5.74, 6) is -0.0596. The van der Waals surface area contributed by atoms with E-state index in [2.05, 4.69) is 0 Å². The van der Waals surface area contributed by atoms with Crippen molar-refractivity contribution in [1.29, 1.82) is 0 Å². The zero-order valence-corrected chi connectivity index (χ0v) is 17.8. The summed E-state index contributed by atoms with van der Waals surface area (Å²) in [6.45, 7) is 2.21. The first-order valence-corrected chi connectivity index (χ1v) is 10.4. The van der Waals surface area contributed by atoms with Crippen LogP contribution in [0.1, 0.15) is 30.5 Å². The van der Waals surface area contributed by atoms with Crippen LogP contribution in [0.25, 0.3) is 6.08 Å². The molecule has 1 heterocycles. The molecule has 0 aliphatic carbocycles. The number of carbonyl (C=O) groups is 2. The maximum atomic E-state index is 13.2. The third kappa shape index (κ3) is 4.86. The third-order valence-corrected chi connectivity index (χ3v) is 5.61. The van der Waals surface area contributed by atoms with E-state index < -0.39 is 12.0 Å². The van der Waals surface area contributed by atoms with E-state index in [9.17, 15) is 9.59 Å². The summed E-state index contributed by atoms with van der Waals surface area (Å²) in [5, 5.41) is 0. The quantitative estimate of drug-likeness (QED) is 0.366. The van der Waals surface area contributed by atoms with E-state index in [1.54, 1.807) is 25.3 Å². The highest BCUT2D eigenvalue weighted by atomic mass is 32.2. The Kier molecular flexibility index (Phi) is 7.06. The molecule has 0 N–H and O–H groups in total. The first kappa shape index (κ1) is 21.1. The molecule has 2 aromatic rings. The van der Waals surface area contributed by atoms with E-state index in [4.69, 9.17) is 21.7 Å². The normalized spacial score (nSPS) is 16.2. The Morgan fingerprint density at radius 3 is 2.48 bits per heavy atom. The highest BCUT2D eigenvalue weighted by Crippen LogP contribution is 2.38. The van der Waals surface area contributed by atoms with Crippen molar-refractivity contribution in [2.24, 2.45) is 0 Å². The van der Waals surface area contributed by atoms with Gasteiger partial charge >= 0.3 is 5.97 Å². The molecule has 1 unspecified atom stereocenters. The third-order valence-electron chi connectivity index (χ3n) is 4.28. The summed E-state index contributed by atoms with van der Waals surface area (Å²) in [5.41, 5.74) is 1.51. The average molecular weight is 428 g/mol. The van der Waals surface area contributed by atoms with Crippen molar-refractivity contribution in [3.05, 3.63) is 70.6 Å². The van der Waals surface area contributed by atoms with Crippen LogP contribution < -0.4 is 4.74 Å². The zero-order valence-electron chi connectivity index (χ0n) is 16.2. The number of methoxy groups -OCH3 is 1. The largest absolute Gasteiger partial charge is 0.497 e. The molecule has 0 saturated carbocycles. The Bertz CT molecular complexity index is 926. The fourth-order valence-corrected chi connectivity index (χ4v) is 4.17. The van der Waals surface area contributed by atoms with Gasteiger partial charge in [-0.25, -0.2) is 4.79 Å². The fourth-order valence-electron chi connectivity index (χ4n) is 2.86. The molecule has 1 atom stereocenters. The van der Waals surface area contributed by atoms with Gasteiger partial charge in [-0.2, -0.15) is 0 Å². The summed E-state index contributed by atoms with van der Waals surface area (Å²) in [6.07, 6.45) is 2.46. The Hall–Kier alpha value is -2.64. The maximum Gasteiger partial charge on any atom is 0.333 e. The second-order valence-electron chi connectivity index (χ2n) is 6.31. The molecule has 1 fully saturated rings. The Morgan fingerprint density at radius 2 is 1.86 bits per heavy atom. The molecule has 2 aromatic carbocycles. The molecular formula is C22H21NO4S2. The van der Waals surface area contributed by atoms with Crippen LogP contribution in [0.5, 0.6) is 5.75 Å². The number of amides is 1. The highest BCUT2D eigenvalue weighted by Gasteiger charge is 2.42. The minimum Gasteiger partial charge on any atom is -0.497 e. The number of benzene rings is 2. The van der Waals surface area contributed by atoms with Crippen molar-refractivity contribution in [2.45, 2.75) is 19.4 Å². The van der Waals surface area contributed by atoms with Crippen LogP contribution in [0.2, 0.25) is 0 Å². The number of thioether (sulfide) groups is 1. The van der Waals surface area contributed by atoms with Crippen LogP contribution in [-0.4, -0.2) is 34.8 Å². The number of thiocarbonyl (C=S) groups is 1. The Balaban J connectivity index is 1.92. The Morgan fingerprint density at radius 1 is 1.17 bits per heavy atom. The van der Waals surface area contributed by atoms with Crippen molar-refractivity contribution in [3.63, 3.8) is 0 Å². The maximum absolute atomic E-state index is 13.2. The second kappa shape index (κ2) is 9.71. The van der Waals surface area contributed by atoms with Gasteiger partial charge in [-0.15, -0.1) is 0 Å². The van der Waals surface area contributed by atoms with Crippen LogP contribution in [0, 0.1) is 0 Å². The molecule has 1 saturated heterocycles. The Labute approximate surface area is 179 Å². The van der Waals surface area contributed by atoms with E-state index in [0.717, 1.165) is 11.3 Å². The summed E-state index contributed by atoms with van der Waals surface area (Å²) in [4.78, 5) is 27.8. The van der Waals surface area contributed by atoms with Gasteiger partial charge in [0.1, 0.15) is 10.1 Å². The van der Waals surface area contributed by atoms with Gasteiger partial charge in [0, 0.05) is 0 Å². The fraction of sp³-hybridized carbons (Fsp3) is 0.227. The van der Waals surface area contributed by atoms with E-state index in [1.165, 1.54) is 16.7 Å². The smallest absolute Gasteiger partial charge is 0.333 e. The van der Waals surface area contributed by atoms with Crippen molar-refractivity contribution >= 4 is 46.3 Å². The number of rotatable bonds is 7. The van der Waals surface area contributed by atoms with Crippen LogP contribution >= 0.6 is 24.0 Å². The molecule has 0 aromatic heterocycles. The number of ether oxygens (including phenoxy) is 2. The van der Waals surface area contributed by atoms with Gasteiger partial charge in [-0.05, 0) is 35.8 Å². The molecule has 3 rings (SSSR count). The number of carbonyl (C=O) groups excluding carboxylic acids is 2. The monoisotopic (exact) mass is 427 g/mol. The molecule has 5 nitrogen and oxygen atoms in total. The van der Waals surface area contributed by atoms with Gasteiger partial charge in [-0.1, -0.05) is 73.4 Å². The van der Waals surface area contributed by atoms with E-state index in [1.807, 2.05) is 49.4 Å². The van der Waals surface area contributed by atoms with Gasteiger partial charge in [0.2, 0.25) is 0 Å². The summed E-state index contributed by atoms with van der Waals surface area (Å²) in [7, 11) is 1.60. The van der Waals surface area contributed by atoms with Crippen LogP contribution in [0.3, 0.4) is 0 Å². The first-order chi connectivity index (χ1) is 14.0. The second-order valence-corrected chi connectivity index (χ2v) is 7.98. The van der Waals surface area contributed by atoms with Gasteiger partial charge in [-0.3, -0.25) is 9.69 Å². The molecule has 0 radical (unpaired) electrons. The lowest BCUT2D eigenvalue weighted by molar-refractivity contribution is -0.151. The lowest BCUT2D eigenvalue weighted by atomic mass is 10.1. The van der Waals surface area contributed by atoms with Gasteiger partial charge in [0.25, 0.3) is 5.91 Å². The topological polar surface area (TPSA) is 55.8 Å². The molecule has 0 spiro atoms. The summed E-state index contributed by atoms with van der Waals surface area (Å²) < 4.78 is 10.9. The molecular weight excluding hydrogens is 406 g/mol. The van der Waals surface area contributed by atoms with Crippen LogP contribution in [0.15, 0.2) is 59.5 Å². The SMILES string of the molecule is CCCOC(=O)C(c1ccccc1)N1C(=O)/C(=C/c2ccc(OC)cc2)SC1=S. The first-order valence-electron chi connectivity index (χ1n) is 9.18. The molecule has 1 amide bonds. The zero-order chi connectivity index (χ0) is 20.8. The van der Waals surface area contributed by atoms with E-state index >= 15 is 0 Å². The van der Waals surface area contributed by atoms with Crippen LogP contribution in [0.4, 0.5) is 0 Å². The highest BCUT2D eigenvalue weighted by molar-refractivity contribution is 8.26. The number of hydrogen-bond acceptors (Lipinski definition) is 6. The predicted molar refractivity (Wildman–Crippen MR) is 118 cm³/mol. The summed E-state index contributed by atoms with van der Waals surface area (Å²) >= 11 is 6.64. The van der Waals surface area contributed by atoms with E-state index in [0.29, 0.717) is 27.8 Å². The minimum absolute atomic E-state index is 0.290. The predicted octanol–water partition coefficient (Wildman–Crippen LogP) is 4.59. The van der Waals surface area contributed by atoms with Gasteiger partial charge in [0.05, 0.1) is 18.6 Å².